The van der Waals surface area contributed by atoms with Crippen molar-refractivity contribution in [1.29, 1.82) is 0 Å². The first-order valence-electron chi connectivity index (χ1n) is 19.8. The summed E-state index contributed by atoms with van der Waals surface area (Å²) in [6.07, 6.45) is 0. The number of anilines is 3. The molecule has 270 valence electrons. The predicted molar refractivity (Wildman–Crippen MR) is 235 cm³/mol. The Morgan fingerprint density at radius 3 is 1.84 bits per heavy atom. The van der Waals surface area contributed by atoms with Gasteiger partial charge in [-0.15, -0.1) is 0 Å². The molecule has 11 aromatic rings. The number of hydrogen-bond acceptors (Lipinski definition) is 4. The van der Waals surface area contributed by atoms with Crippen LogP contribution in [0.3, 0.4) is 0 Å². The van der Waals surface area contributed by atoms with E-state index < -0.39 is 5.41 Å². The molecule has 0 bridgehead atoms. The van der Waals surface area contributed by atoms with Crippen molar-refractivity contribution >= 4 is 60.7 Å². The van der Waals surface area contributed by atoms with Gasteiger partial charge in [0.2, 0.25) is 5.95 Å². The molecule has 58 heavy (non-hydrogen) atoms. The summed E-state index contributed by atoms with van der Waals surface area (Å²) in [5.41, 5.74) is 14.3. The largest absolute Gasteiger partial charge is 0.453 e. The minimum atomic E-state index is -0.653. The number of nitrogens with zero attached hydrogens (tertiary/aromatic N) is 4. The fourth-order valence-corrected chi connectivity index (χ4v) is 10.2. The lowest BCUT2D eigenvalue weighted by atomic mass is 9.64. The molecule has 0 amide bonds. The van der Waals surface area contributed by atoms with Crippen molar-refractivity contribution in [2.24, 2.45) is 0 Å². The van der Waals surface area contributed by atoms with Gasteiger partial charge in [-0.2, -0.15) is 0 Å². The number of para-hydroxylation sites is 5. The van der Waals surface area contributed by atoms with Gasteiger partial charge >= 0.3 is 0 Å². The second-order valence-corrected chi connectivity index (χ2v) is 15.3. The highest BCUT2D eigenvalue weighted by Crippen LogP contribution is 2.65. The molecule has 5 nitrogen and oxygen atoms in total. The van der Waals surface area contributed by atoms with Crippen LogP contribution in [-0.2, 0) is 5.41 Å². The van der Waals surface area contributed by atoms with Crippen molar-refractivity contribution in [2.75, 3.05) is 4.90 Å². The Balaban J connectivity index is 1.17. The highest BCUT2D eigenvalue weighted by molar-refractivity contribution is 6.19. The molecule has 0 saturated carbocycles. The van der Waals surface area contributed by atoms with Crippen LogP contribution in [0.25, 0.3) is 72.2 Å². The van der Waals surface area contributed by atoms with E-state index >= 15 is 0 Å². The third-order valence-electron chi connectivity index (χ3n) is 12.4. The van der Waals surface area contributed by atoms with E-state index in [1.54, 1.807) is 0 Å². The normalized spacial score (nSPS) is 13.6. The quantitative estimate of drug-likeness (QED) is 0.181. The molecule has 3 aromatic heterocycles. The second kappa shape index (κ2) is 11.6. The molecule has 0 atom stereocenters. The first-order valence-corrected chi connectivity index (χ1v) is 19.8. The first-order chi connectivity index (χ1) is 28.8. The average Bonchev–Trinajstić information content (AvgIpc) is 3.94. The van der Waals surface area contributed by atoms with E-state index in [1.165, 1.54) is 22.3 Å². The van der Waals surface area contributed by atoms with Gasteiger partial charge < -0.3 is 9.32 Å². The molecule has 13 rings (SSSR count). The number of aromatic nitrogens is 3. The van der Waals surface area contributed by atoms with Crippen molar-refractivity contribution in [3.05, 3.63) is 216 Å². The lowest BCUT2D eigenvalue weighted by Crippen LogP contribution is -2.36. The molecule has 0 fully saturated rings. The Hall–Kier alpha value is -7.76. The van der Waals surface area contributed by atoms with E-state index in [9.17, 15) is 0 Å². The Labute approximate surface area is 333 Å². The molecular weight excluding hydrogens is 709 g/mol. The van der Waals surface area contributed by atoms with Crippen molar-refractivity contribution in [3.8, 4) is 28.5 Å². The van der Waals surface area contributed by atoms with Crippen LogP contribution < -0.4 is 4.90 Å². The number of hydrogen-bond donors (Lipinski definition) is 0. The predicted octanol–water partition coefficient (Wildman–Crippen LogP) is 13.3. The summed E-state index contributed by atoms with van der Waals surface area (Å²) in [6, 6.07) is 69.2. The standard InChI is InChI=1S/C53H32N4O/c1-3-17-33(18-4-1)48-38-23-8-13-27-43(38)54-52(55-48)57-44-28-14-9-21-35(44)36-31-32-39-47-50(58-51(39)49(36)57)37-22-7-10-24-40(37)53(47)41-25-11-15-29-45(41)56(34-19-5-2-6-20-34)46-30-16-12-26-42(46)53/h1-32H. The zero-order valence-corrected chi connectivity index (χ0v) is 31.2. The van der Waals surface area contributed by atoms with E-state index in [0.717, 1.165) is 83.3 Å². The van der Waals surface area contributed by atoms with Gasteiger partial charge in [-0.25, -0.2) is 9.97 Å². The van der Waals surface area contributed by atoms with Gasteiger partial charge in [-0.3, -0.25) is 4.57 Å². The average molecular weight is 741 g/mol. The highest BCUT2D eigenvalue weighted by atomic mass is 16.3. The van der Waals surface area contributed by atoms with Crippen LogP contribution in [0.1, 0.15) is 22.3 Å². The maximum Gasteiger partial charge on any atom is 0.235 e. The SMILES string of the molecule is c1ccc(-c2nc(-n3c4ccccc4c4ccc5c6c(oc5c43)-c3ccccc3C63c4ccccc4N(c4ccccc4)c4ccccc43)nc3ccccc23)cc1. The van der Waals surface area contributed by atoms with E-state index in [1.807, 2.05) is 12.1 Å². The molecule has 5 heteroatoms. The molecular formula is C53H32N4O. The van der Waals surface area contributed by atoms with Crippen LogP contribution >= 0.6 is 0 Å². The smallest absolute Gasteiger partial charge is 0.235 e. The molecule has 8 aromatic carbocycles. The zero-order chi connectivity index (χ0) is 38.0. The summed E-state index contributed by atoms with van der Waals surface area (Å²) in [6.45, 7) is 0. The van der Waals surface area contributed by atoms with Gasteiger partial charge in [-0.1, -0.05) is 152 Å². The highest BCUT2D eigenvalue weighted by Gasteiger charge is 2.54. The van der Waals surface area contributed by atoms with Crippen LogP contribution in [0.4, 0.5) is 17.1 Å². The van der Waals surface area contributed by atoms with Gasteiger partial charge in [-0.05, 0) is 59.2 Å². The lowest BCUT2D eigenvalue weighted by molar-refractivity contribution is 0.629. The van der Waals surface area contributed by atoms with E-state index in [0.29, 0.717) is 5.95 Å². The van der Waals surface area contributed by atoms with Gasteiger partial charge in [0.15, 0.2) is 5.58 Å². The van der Waals surface area contributed by atoms with Crippen molar-refractivity contribution < 1.29 is 4.42 Å². The maximum atomic E-state index is 7.42. The fourth-order valence-electron chi connectivity index (χ4n) is 10.2. The minimum absolute atomic E-state index is 0.606. The van der Waals surface area contributed by atoms with Gasteiger partial charge in [0, 0.05) is 43.9 Å². The van der Waals surface area contributed by atoms with Gasteiger partial charge in [0.1, 0.15) is 11.3 Å². The van der Waals surface area contributed by atoms with Crippen LogP contribution in [-0.4, -0.2) is 14.5 Å². The van der Waals surface area contributed by atoms with Crippen LogP contribution in [0, 0.1) is 0 Å². The molecule has 0 saturated heterocycles. The van der Waals surface area contributed by atoms with Crippen molar-refractivity contribution in [2.45, 2.75) is 5.41 Å². The Morgan fingerprint density at radius 1 is 0.466 bits per heavy atom. The summed E-state index contributed by atoms with van der Waals surface area (Å²) in [7, 11) is 0. The fraction of sp³-hybridized carbons (Fsp3) is 0.0189. The zero-order valence-electron chi connectivity index (χ0n) is 31.2. The Bertz CT molecular complexity index is 3430. The third-order valence-corrected chi connectivity index (χ3v) is 12.4. The molecule has 0 unspecified atom stereocenters. The number of furan rings is 1. The summed E-state index contributed by atoms with van der Waals surface area (Å²) in [5, 5.41) is 4.30. The Morgan fingerprint density at radius 2 is 1.07 bits per heavy atom. The first kappa shape index (κ1) is 31.4. The minimum Gasteiger partial charge on any atom is -0.453 e. The topological polar surface area (TPSA) is 47.1 Å². The van der Waals surface area contributed by atoms with Crippen LogP contribution in [0.15, 0.2) is 199 Å². The molecule has 2 aliphatic rings. The molecule has 0 radical (unpaired) electrons. The van der Waals surface area contributed by atoms with Crippen molar-refractivity contribution in [3.63, 3.8) is 0 Å². The lowest BCUT2D eigenvalue weighted by Gasteiger charge is -2.44. The number of benzene rings is 8. The molecule has 1 spiro atoms. The van der Waals surface area contributed by atoms with Gasteiger partial charge in [0.05, 0.1) is 33.5 Å². The second-order valence-electron chi connectivity index (χ2n) is 15.3. The van der Waals surface area contributed by atoms with Crippen LogP contribution in [0.2, 0.25) is 0 Å². The summed E-state index contributed by atoms with van der Waals surface area (Å²) in [5.74, 6) is 1.51. The summed E-state index contributed by atoms with van der Waals surface area (Å²) in [4.78, 5) is 13.1. The third kappa shape index (κ3) is 3.99. The molecule has 1 aliphatic heterocycles. The summed E-state index contributed by atoms with van der Waals surface area (Å²) < 4.78 is 9.65. The van der Waals surface area contributed by atoms with E-state index in [4.69, 9.17) is 14.4 Å². The molecule has 4 heterocycles. The van der Waals surface area contributed by atoms with Crippen molar-refractivity contribution in [1.82, 2.24) is 14.5 Å². The maximum absolute atomic E-state index is 7.42. The molecule has 0 N–H and O–H groups in total. The Kier molecular flexibility index (Phi) is 6.31. The monoisotopic (exact) mass is 740 g/mol. The molecule has 1 aliphatic carbocycles. The van der Waals surface area contributed by atoms with Crippen LogP contribution in [0.5, 0.6) is 0 Å². The number of rotatable bonds is 3. The summed E-state index contributed by atoms with van der Waals surface area (Å²) >= 11 is 0. The number of fused-ring (bicyclic) bond motifs is 16. The van der Waals surface area contributed by atoms with E-state index in [-0.39, 0.29) is 0 Å². The van der Waals surface area contributed by atoms with E-state index in [2.05, 4.69) is 191 Å². The van der Waals surface area contributed by atoms with Gasteiger partial charge in [0.25, 0.3) is 0 Å².